The van der Waals surface area contributed by atoms with E-state index in [1.54, 1.807) is 18.2 Å². The van der Waals surface area contributed by atoms with Gasteiger partial charge in [-0.05, 0) is 36.8 Å². The Labute approximate surface area is 117 Å². The summed E-state index contributed by atoms with van der Waals surface area (Å²) >= 11 is 0. The van der Waals surface area contributed by atoms with Gasteiger partial charge in [0.2, 0.25) is 5.91 Å². The number of aryl methyl sites for hydroxylation is 1. The van der Waals surface area contributed by atoms with Crippen LogP contribution in [0.1, 0.15) is 31.2 Å². The number of para-hydroxylation sites is 1. The summed E-state index contributed by atoms with van der Waals surface area (Å²) in [6.45, 7) is 0. The van der Waals surface area contributed by atoms with E-state index in [1.807, 2.05) is 6.07 Å². The third-order valence-corrected chi connectivity index (χ3v) is 3.54. The fourth-order valence-corrected chi connectivity index (χ4v) is 2.27. The number of phenols is 1. The van der Waals surface area contributed by atoms with Gasteiger partial charge in [-0.2, -0.15) is 0 Å². The molecular weight excluding hydrogens is 258 g/mol. The highest BCUT2D eigenvalue weighted by Crippen LogP contribution is 2.34. The van der Waals surface area contributed by atoms with E-state index in [-0.39, 0.29) is 30.5 Å². The minimum atomic E-state index is -0.886. The van der Waals surface area contributed by atoms with Gasteiger partial charge >= 0.3 is 5.97 Å². The summed E-state index contributed by atoms with van der Waals surface area (Å²) in [4.78, 5) is 22.6. The van der Waals surface area contributed by atoms with Crippen molar-refractivity contribution in [1.29, 1.82) is 0 Å². The summed E-state index contributed by atoms with van der Waals surface area (Å²) < 4.78 is 0. The Morgan fingerprint density at radius 1 is 1.30 bits per heavy atom. The largest absolute Gasteiger partial charge is 0.508 e. The van der Waals surface area contributed by atoms with Crippen LogP contribution in [0, 0.1) is 5.92 Å². The van der Waals surface area contributed by atoms with Gasteiger partial charge in [-0.25, -0.2) is 0 Å². The molecule has 1 amide bonds. The van der Waals surface area contributed by atoms with Crippen LogP contribution < -0.4 is 5.32 Å². The van der Waals surface area contributed by atoms with Gasteiger partial charge < -0.3 is 15.5 Å². The number of carbonyl (C=O) groups is 2. The predicted octanol–water partition coefficient (Wildman–Crippen LogP) is 1.69. The first-order valence-corrected chi connectivity index (χ1v) is 6.84. The van der Waals surface area contributed by atoms with Crippen molar-refractivity contribution in [1.82, 2.24) is 5.32 Å². The number of carbonyl (C=O) groups excluding carboxylic acids is 1. The van der Waals surface area contributed by atoms with Crippen molar-refractivity contribution < 1.29 is 19.8 Å². The summed E-state index contributed by atoms with van der Waals surface area (Å²) in [5.74, 6) is -0.556. The number of hydrogen-bond acceptors (Lipinski definition) is 3. The number of benzene rings is 1. The molecule has 1 aromatic rings. The van der Waals surface area contributed by atoms with Gasteiger partial charge in [0, 0.05) is 12.5 Å². The molecule has 0 bridgehead atoms. The predicted molar refractivity (Wildman–Crippen MR) is 73.3 cm³/mol. The zero-order valence-electron chi connectivity index (χ0n) is 11.2. The van der Waals surface area contributed by atoms with Crippen LogP contribution in [-0.4, -0.2) is 28.1 Å². The van der Waals surface area contributed by atoms with Crippen molar-refractivity contribution in [2.24, 2.45) is 5.92 Å². The average Bonchev–Trinajstić information content (AvgIpc) is 3.21. The van der Waals surface area contributed by atoms with Gasteiger partial charge in [0.05, 0.1) is 6.42 Å². The topological polar surface area (TPSA) is 86.6 Å². The van der Waals surface area contributed by atoms with Crippen LogP contribution in [0.4, 0.5) is 0 Å². The second-order valence-corrected chi connectivity index (χ2v) is 5.24. The Balaban J connectivity index is 1.82. The van der Waals surface area contributed by atoms with Crippen molar-refractivity contribution in [3.63, 3.8) is 0 Å². The number of aromatic hydroxyl groups is 1. The molecule has 1 fully saturated rings. The van der Waals surface area contributed by atoms with Crippen molar-refractivity contribution >= 4 is 11.9 Å². The molecule has 1 aliphatic rings. The molecule has 1 aromatic carbocycles. The molecule has 1 atom stereocenters. The highest BCUT2D eigenvalue weighted by molar-refractivity contribution is 5.77. The van der Waals surface area contributed by atoms with Crippen molar-refractivity contribution in [3.05, 3.63) is 29.8 Å². The number of nitrogens with one attached hydrogen (secondary N) is 1. The Morgan fingerprint density at radius 2 is 2.00 bits per heavy atom. The van der Waals surface area contributed by atoms with Gasteiger partial charge in [-0.15, -0.1) is 0 Å². The Kier molecular flexibility index (Phi) is 4.61. The number of aliphatic carboxylic acids is 1. The molecule has 0 aliphatic heterocycles. The van der Waals surface area contributed by atoms with E-state index in [1.165, 1.54) is 0 Å². The van der Waals surface area contributed by atoms with E-state index in [2.05, 4.69) is 5.32 Å². The van der Waals surface area contributed by atoms with Crippen molar-refractivity contribution in [2.45, 2.75) is 38.1 Å². The summed E-state index contributed by atoms with van der Waals surface area (Å²) in [5.41, 5.74) is 0.726. The molecule has 2 rings (SSSR count). The van der Waals surface area contributed by atoms with Crippen LogP contribution in [0.25, 0.3) is 0 Å². The fraction of sp³-hybridized carbons (Fsp3) is 0.467. The second kappa shape index (κ2) is 6.41. The molecule has 3 N–H and O–H groups in total. The third-order valence-electron chi connectivity index (χ3n) is 3.54. The molecule has 5 nitrogen and oxygen atoms in total. The Morgan fingerprint density at radius 3 is 2.60 bits per heavy atom. The first-order valence-electron chi connectivity index (χ1n) is 6.84. The molecule has 20 heavy (non-hydrogen) atoms. The lowest BCUT2D eigenvalue weighted by Crippen LogP contribution is -2.38. The average molecular weight is 277 g/mol. The van der Waals surface area contributed by atoms with E-state index in [9.17, 15) is 14.7 Å². The normalized spacial score (nSPS) is 15.6. The maximum Gasteiger partial charge on any atom is 0.305 e. The molecule has 0 heterocycles. The van der Waals surface area contributed by atoms with Gasteiger partial charge in [-0.1, -0.05) is 18.2 Å². The fourth-order valence-electron chi connectivity index (χ4n) is 2.27. The summed E-state index contributed by atoms with van der Waals surface area (Å²) in [6.07, 6.45) is 2.64. The highest BCUT2D eigenvalue weighted by atomic mass is 16.4. The monoisotopic (exact) mass is 277 g/mol. The standard InChI is InChI=1S/C15H19NO4/c17-13-4-2-1-3-11(13)7-8-14(18)16-12(9-15(19)20)10-5-6-10/h1-4,10,12,17H,5-9H2,(H,16,18)(H,19,20). The number of carboxylic acid groups (broad SMARTS) is 1. The first-order chi connectivity index (χ1) is 9.56. The molecule has 1 unspecified atom stereocenters. The number of phenolic OH excluding ortho intramolecular Hbond substituents is 1. The number of amides is 1. The number of hydrogen-bond donors (Lipinski definition) is 3. The third kappa shape index (κ3) is 4.26. The van der Waals surface area contributed by atoms with Crippen molar-refractivity contribution in [2.75, 3.05) is 0 Å². The SMILES string of the molecule is O=C(O)CC(NC(=O)CCc1ccccc1O)C1CC1. The molecule has 1 aliphatic carbocycles. The van der Waals surface area contributed by atoms with Crippen LogP contribution in [0.2, 0.25) is 0 Å². The molecule has 0 radical (unpaired) electrons. The van der Waals surface area contributed by atoms with Crippen LogP contribution in [0.15, 0.2) is 24.3 Å². The minimum Gasteiger partial charge on any atom is -0.508 e. The Bertz CT molecular complexity index is 496. The minimum absolute atomic E-state index is 0.0208. The molecule has 5 heteroatoms. The van der Waals surface area contributed by atoms with Crippen LogP contribution >= 0.6 is 0 Å². The lowest BCUT2D eigenvalue weighted by Gasteiger charge is -2.16. The zero-order valence-corrected chi connectivity index (χ0v) is 11.2. The van der Waals surface area contributed by atoms with E-state index in [4.69, 9.17) is 5.11 Å². The van der Waals surface area contributed by atoms with Crippen LogP contribution in [0.5, 0.6) is 5.75 Å². The summed E-state index contributed by atoms with van der Waals surface area (Å²) in [7, 11) is 0. The van der Waals surface area contributed by atoms with E-state index < -0.39 is 5.97 Å². The van der Waals surface area contributed by atoms with Crippen molar-refractivity contribution in [3.8, 4) is 5.75 Å². The molecular formula is C15H19NO4. The molecule has 1 saturated carbocycles. The maximum absolute atomic E-state index is 11.9. The highest BCUT2D eigenvalue weighted by Gasteiger charge is 2.33. The molecule has 0 spiro atoms. The van der Waals surface area contributed by atoms with E-state index >= 15 is 0 Å². The molecule has 108 valence electrons. The maximum atomic E-state index is 11.9. The van der Waals surface area contributed by atoms with E-state index in [0.717, 1.165) is 18.4 Å². The van der Waals surface area contributed by atoms with Gasteiger partial charge in [0.1, 0.15) is 5.75 Å². The van der Waals surface area contributed by atoms with Gasteiger partial charge in [-0.3, -0.25) is 9.59 Å². The van der Waals surface area contributed by atoms with Crippen LogP contribution in [0.3, 0.4) is 0 Å². The molecule has 0 aromatic heterocycles. The quantitative estimate of drug-likeness (QED) is 0.708. The number of carboxylic acids is 1. The van der Waals surface area contributed by atoms with Gasteiger partial charge in [0.15, 0.2) is 0 Å². The molecule has 0 saturated heterocycles. The summed E-state index contributed by atoms with van der Waals surface area (Å²) in [6, 6.07) is 6.65. The Hall–Kier alpha value is -2.04. The van der Waals surface area contributed by atoms with Crippen LogP contribution in [-0.2, 0) is 16.0 Å². The smallest absolute Gasteiger partial charge is 0.305 e. The lowest BCUT2D eigenvalue weighted by atomic mass is 10.1. The van der Waals surface area contributed by atoms with Gasteiger partial charge in [0.25, 0.3) is 0 Å². The zero-order chi connectivity index (χ0) is 14.5. The van der Waals surface area contributed by atoms with E-state index in [0.29, 0.717) is 12.3 Å². The number of rotatable bonds is 7. The lowest BCUT2D eigenvalue weighted by molar-refractivity contribution is -0.137. The second-order valence-electron chi connectivity index (χ2n) is 5.24. The first kappa shape index (κ1) is 14.4. The summed E-state index contributed by atoms with van der Waals surface area (Å²) in [5, 5.41) is 21.2.